The fourth-order valence-electron chi connectivity index (χ4n) is 3.10. The molecule has 6 heteroatoms. The lowest BCUT2D eigenvalue weighted by atomic mass is 9.98. The molecule has 0 radical (unpaired) electrons. The first-order chi connectivity index (χ1) is 10.1. The molecule has 0 bridgehead atoms. The Morgan fingerprint density at radius 2 is 2.14 bits per heavy atom. The highest BCUT2D eigenvalue weighted by Crippen LogP contribution is 2.33. The van der Waals surface area contributed by atoms with Crippen molar-refractivity contribution in [2.45, 2.75) is 25.3 Å². The minimum absolute atomic E-state index is 0.398. The number of likely N-dealkylation sites (N-methyl/N-ethyl adjacent to an activating group) is 1. The predicted octanol–water partition coefficient (Wildman–Crippen LogP) is 0.703. The van der Waals surface area contributed by atoms with E-state index in [2.05, 4.69) is 34.2 Å². The molecular formula is C15H27N5O. The number of aromatic nitrogens is 3. The largest absolute Gasteiger partial charge is 0.379 e. The number of fused-ring (bicyclic) bond motifs is 1. The molecule has 1 aromatic heterocycles. The average Bonchev–Trinajstić information content (AvgIpc) is 3.17. The van der Waals surface area contributed by atoms with E-state index in [9.17, 15) is 0 Å². The Hall–Kier alpha value is -0.980. The van der Waals surface area contributed by atoms with Crippen LogP contribution in [0.15, 0.2) is 0 Å². The zero-order valence-electron chi connectivity index (χ0n) is 13.5. The number of nitrogens with zero attached hydrogens (tertiary/aromatic N) is 5. The van der Waals surface area contributed by atoms with Crippen LogP contribution in [-0.2, 0) is 18.3 Å². The van der Waals surface area contributed by atoms with Crippen LogP contribution in [0.3, 0.4) is 0 Å². The molecule has 3 rings (SSSR count). The van der Waals surface area contributed by atoms with Crippen molar-refractivity contribution in [3.8, 4) is 0 Å². The number of aryl methyl sites for hydroxylation is 1. The lowest BCUT2D eigenvalue weighted by Crippen LogP contribution is -2.37. The van der Waals surface area contributed by atoms with Gasteiger partial charge in [-0.3, -0.25) is 9.58 Å². The Kier molecular flexibility index (Phi) is 4.57. The van der Waals surface area contributed by atoms with Gasteiger partial charge in [0.2, 0.25) is 0 Å². The smallest absolute Gasteiger partial charge is 0.100 e. The summed E-state index contributed by atoms with van der Waals surface area (Å²) in [5, 5.41) is 8.56. The van der Waals surface area contributed by atoms with Gasteiger partial charge >= 0.3 is 0 Å². The molecule has 21 heavy (non-hydrogen) atoms. The molecule has 0 spiro atoms. The lowest BCUT2D eigenvalue weighted by Gasteiger charge is -2.32. The van der Waals surface area contributed by atoms with Gasteiger partial charge in [0.05, 0.1) is 18.9 Å². The van der Waals surface area contributed by atoms with Crippen LogP contribution in [0.5, 0.6) is 0 Å². The van der Waals surface area contributed by atoms with E-state index >= 15 is 0 Å². The molecule has 0 unspecified atom stereocenters. The molecule has 2 heterocycles. The summed E-state index contributed by atoms with van der Waals surface area (Å²) in [5.41, 5.74) is 2.41. The van der Waals surface area contributed by atoms with E-state index in [0.717, 1.165) is 44.5 Å². The van der Waals surface area contributed by atoms with Crippen LogP contribution < -0.4 is 0 Å². The average molecular weight is 293 g/mol. The van der Waals surface area contributed by atoms with Crippen molar-refractivity contribution in [3.63, 3.8) is 0 Å². The van der Waals surface area contributed by atoms with Crippen LogP contribution in [0.4, 0.5) is 0 Å². The van der Waals surface area contributed by atoms with Crippen LogP contribution in [0.2, 0.25) is 0 Å². The van der Waals surface area contributed by atoms with E-state index in [-0.39, 0.29) is 0 Å². The van der Waals surface area contributed by atoms with E-state index in [0.29, 0.717) is 5.92 Å². The van der Waals surface area contributed by atoms with Gasteiger partial charge in [-0.2, -0.15) is 0 Å². The van der Waals surface area contributed by atoms with Crippen molar-refractivity contribution in [1.82, 2.24) is 24.8 Å². The molecule has 0 N–H and O–H groups in total. The summed E-state index contributed by atoms with van der Waals surface area (Å²) in [4.78, 5) is 4.69. The molecule has 1 aliphatic carbocycles. The van der Waals surface area contributed by atoms with E-state index in [1.807, 2.05) is 11.7 Å². The van der Waals surface area contributed by atoms with E-state index in [4.69, 9.17) is 4.74 Å². The van der Waals surface area contributed by atoms with Crippen LogP contribution in [0.1, 0.15) is 30.1 Å². The van der Waals surface area contributed by atoms with Gasteiger partial charge in [-0.25, -0.2) is 0 Å². The van der Waals surface area contributed by atoms with Crippen LogP contribution >= 0.6 is 0 Å². The van der Waals surface area contributed by atoms with Crippen LogP contribution in [0.25, 0.3) is 0 Å². The first-order valence-electron chi connectivity index (χ1n) is 7.96. The third-order valence-electron chi connectivity index (χ3n) is 4.40. The molecule has 6 nitrogen and oxygen atoms in total. The normalized spacial score (nSPS) is 22.8. The van der Waals surface area contributed by atoms with Crippen LogP contribution in [0, 0.1) is 5.92 Å². The summed E-state index contributed by atoms with van der Waals surface area (Å²) < 4.78 is 7.83. The Balaban J connectivity index is 1.60. The molecular weight excluding hydrogens is 266 g/mol. The summed E-state index contributed by atoms with van der Waals surface area (Å²) in [6.07, 6.45) is 2.79. The second kappa shape index (κ2) is 6.42. The van der Waals surface area contributed by atoms with Crippen molar-refractivity contribution in [2.75, 3.05) is 46.9 Å². The molecule has 1 aromatic rings. The van der Waals surface area contributed by atoms with Gasteiger partial charge in [-0.05, 0) is 32.9 Å². The summed E-state index contributed by atoms with van der Waals surface area (Å²) in [5.74, 6) is 1.31. The van der Waals surface area contributed by atoms with Crippen molar-refractivity contribution in [3.05, 3.63) is 11.4 Å². The maximum Gasteiger partial charge on any atom is 0.100 e. The SMILES string of the molecule is CN(C)CCOC[C@@H]1CN(CC2CC2)Cc2nnn(C)c21. The molecule has 1 fully saturated rings. The van der Waals surface area contributed by atoms with Crippen molar-refractivity contribution in [2.24, 2.45) is 13.0 Å². The van der Waals surface area contributed by atoms with Crippen molar-refractivity contribution >= 4 is 0 Å². The topological polar surface area (TPSA) is 46.4 Å². The first kappa shape index (κ1) is 14.9. The van der Waals surface area contributed by atoms with Gasteiger partial charge in [0.25, 0.3) is 0 Å². The number of rotatable bonds is 7. The lowest BCUT2D eigenvalue weighted by molar-refractivity contribution is 0.0840. The maximum absolute atomic E-state index is 5.90. The number of ether oxygens (including phenoxy) is 1. The second-order valence-electron chi connectivity index (χ2n) is 6.76. The Morgan fingerprint density at radius 1 is 1.33 bits per heavy atom. The highest BCUT2D eigenvalue weighted by atomic mass is 16.5. The van der Waals surface area contributed by atoms with Gasteiger partial charge < -0.3 is 9.64 Å². The molecule has 1 aliphatic heterocycles. The molecule has 1 saturated carbocycles. The highest BCUT2D eigenvalue weighted by molar-refractivity contribution is 5.19. The third-order valence-corrected chi connectivity index (χ3v) is 4.40. The van der Waals surface area contributed by atoms with Gasteiger partial charge in [0, 0.05) is 39.1 Å². The molecule has 0 saturated heterocycles. The number of hydrogen-bond acceptors (Lipinski definition) is 5. The molecule has 1 atom stereocenters. The fraction of sp³-hybridized carbons (Fsp3) is 0.867. The molecule has 0 amide bonds. The molecule has 2 aliphatic rings. The standard InChI is InChI=1S/C15H27N5O/c1-18(2)6-7-21-11-13-9-20(8-12-4-5-12)10-14-15(13)19(3)17-16-14/h12-13H,4-11H2,1-3H3/t13-/m0/s1. The Morgan fingerprint density at radius 3 is 2.86 bits per heavy atom. The Bertz CT molecular complexity index is 469. The number of hydrogen-bond donors (Lipinski definition) is 0. The third kappa shape index (κ3) is 3.81. The zero-order chi connectivity index (χ0) is 14.8. The van der Waals surface area contributed by atoms with Gasteiger partial charge in [-0.1, -0.05) is 5.21 Å². The van der Waals surface area contributed by atoms with E-state index in [1.165, 1.54) is 25.1 Å². The predicted molar refractivity (Wildman–Crippen MR) is 81.1 cm³/mol. The minimum Gasteiger partial charge on any atom is -0.379 e. The van der Waals surface area contributed by atoms with Gasteiger partial charge in [-0.15, -0.1) is 5.10 Å². The summed E-state index contributed by atoms with van der Waals surface area (Å²) in [7, 11) is 6.14. The van der Waals surface area contributed by atoms with E-state index < -0.39 is 0 Å². The Labute approximate surface area is 127 Å². The second-order valence-corrected chi connectivity index (χ2v) is 6.76. The quantitative estimate of drug-likeness (QED) is 0.693. The summed E-state index contributed by atoms with van der Waals surface area (Å²) in [6.45, 7) is 5.76. The minimum atomic E-state index is 0.398. The van der Waals surface area contributed by atoms with Crippen molar-refractivity contribution < 1.29 is 4.74 Å². The van der Waals surface area contributed by atoms with Gasteiger partial charge in [0.1, 0.15) is 5.69 Å². The monoisotopic (exact) mass is 293 g/mol. The molecule has 118 valence electrons. The van der Waals surface area contributed by atoms with Crippen molar-refractivity contribution in [1.29, 1.82) is 0 Å². The first-order valence-corrected chi connectivity index (χ1v) is 7.96. The van der Waals surface area contributed by atoms with Crippen LogP contribution in [-0.4, -0.2) is 71.7 Å². The zero-order valence-corrected chi connectivity index (χ0v) is 13.5. The molecule has 0 aromatic carbocycles. The summed E-state index contributed by atoms with van der Waals surface area (Å²) in [6, 6.07) is 0. The maximum atomic E-state index is 5.90. The summed E-state index contributed by atoms with van der Waals surface area (Å²) >= 11 is 0. The highest BCUT2D eigenvalue weighted by Gasteiger charge is 2.33. The van der Waals surface area contributed by atoms with E-state index in [1.54, 1.807) is 0 Å². The van der Waals surface area contributed by atoms with Gasteiger partial charge in [0.15, 0.2) is 0 Å². The fourth-order valence-corrected chi connectivity index (χ4v) is 3.10.